The summed E-state index contributed by atoms with van der Waals surface area (Å²) in [4.78, 5) is 12.4. The molecular weight excluding hydrogens is 344 g/mol. The van der Waals surface area contributed by atoms with Crippen molar-refractivity contribution in [3.63, 3.8) is 0 Å². The van der Waals surface area contributed by atoms with E-state index in [-0.39, 0.29) is 17.1 Å². The number of rotatable bonds is 5. The van der Waals surface area contributed by atoms with E-state index in [2.05, 4.69) is 5.32 Å². The summed E-state index contributed by atoms with van der Waals surface area (Å²) in [5.74, 6) is 0.00526. The number of hydrogen-bond donors (Lipinski definition) is 2. The molecule has 0 aliphatic heterocycles. The van der Waals surface area contributed by atoms with Gasteiger partial charge < -0.3 is 19.9 Å². The Hall–Kier alpha value is -3.17. The number of phenols is 1. The number of nitriles is 1. The number of ether oxygens (including phenoxy) is 2. The van der Waals surface area contributed by atoms with Gasteiger partial charge in [0.05, 0.1) is 19.9 Å². The monoisotopic (exact) mass is 358 g/mol. The highest BCUT2D eigenvalue weighted by Gasteiger charge is 2.13. The second-order valence-corrected chi connectivity index (χ2v) is 5.34. The van der Waals surface area contributed by atoms with Crippen LogP contribution in [0.15, 0.2) is 42.0 Å². The van der Waals surface area contributed by atoms with Gasteiger partial charge in [-0.3, -0.25) is 4.79 Å². The molecule has 0 aliphatic rings. The number of carbonyl (C=O) groups excluding carboxylic acids is 1. The molecule has 0 radical (unpaired) electrons. The molecule has 0 atom stereocenters. The number of phenolic OH excluding ortho intramolecular Hbond substituents is 1. The van der Waals surface area contributed by atoms with E-state index in [4.69, 9.17) is 21.1 Å². The molecule has 0 spiro atoms. The number of benzene rings is 2. The molecule has 0 unspecified atom stereocenters. The zero-order valence-corrected chi connectivity index (χ0v) is 14.3. The van der Waals surface area contributed by atoms with Crippen LogP contribution in [0.5, 0.6) is 17.2 Å². The molecule has 0 heterocycles. The molecule has 0 aliphatic carbocycles. The quantitative estimate of drug-likeness (QED) is 0.629. The standard InChI is InChI=1S/C18H15ClN2O4/c1-24-16-6-4-13(19)9-14(16)21-18(23)12(10-20)7-11-3-5-15(22)17(8-11)25-2/h3-9,22H,1-2H3,(H,21,23)/b12-7+. The molecule has 7 heteroatoms. The summed E-state index contributed by atoms with van der Waals surface area (Å²) in [7, 11) is 2.87. The molecule has 2 rings (SSSR count). The van der Waals surface area contributed by atoms with E-state index < -0.39 is 5.91 Å². The minimum absolute atomic E-state index is 0.0359. The molecule has 2 N–H and O–H groups in total. The molecular formula is C18H15ClN2O4. The van der Waals surface area contributed by atoms with Crippen LogP contribution < -0.4 is 14.8 Å². The Kier molecular flexibility index (Phi) is 5.88. The van der Waals surface area contributed by atoms with E-state index in [0.29, 0.717) is 22.0 Å². The van der Waals surface area contributed by atoms with E-state index >= 15 is 0 Å². The van der Waals surface area contributed by atoms with Crippen molar-refractivity contribution < 1.29 is 19.4 Å². The van der Waals surface area contributed by atoms with Crippen LogP contribution in [0.4, 0.5) is 5.69 Å². The maximum Gasteiger partial charge on any atom is 0.266 e. The molecule has 1 amide bonds. The molecule has 0 saturated carbocycles. The van der Waals surface area contributed by atoms with E-state index in [1.165, 1.54) is 38.5 Å². The minimum atomic E-state index is -0.616. The van der Waals surface area contributed by atoms with Gasteiger partial charge in [-0.15, -0.1) is 0 Å². The molecule has 25 heavy (non-hydrogen) atoms. The first-order chi connectivity index (χ1) is 12.0. The van der Waals surface area contributed by atoms with Crippen molar-refractivity contribution in [1.82, 2.24) is 0 Å². The number of amides is 1. The van der Waals surface area contributed by atoms with Gasteiger partial charge >= 0.3 is 0 Å². The van der Waals surface area contributed by atoms with E-state index in [1.54, 1.807) is 18.2 Å². The first-order valence-corrected chi connectivity index (χ1v) is 7.50. The number of nitrogens with zero attached hydrogens (tertiary/aromatic N) is 1. The molecule has 6 nitrogen and oxygen atoms in total. The van der Waals surface area contributed by atoms with Crippen LogP contribution in [0.2, 0.25) is 5.02 Å². The summed E-state index contributed by atoms with van der Waals surface area (Å²) in [6.07, 6.45) is 1.38. The highest BCUT2D eigenvalue weighted by Crippen LogP contribution is 2.29. The van der Waals surface area contributed by atoms with Crippen LogP contribution in [0, 0.1) is 11.3 Å². The van der Waals surface area contributed by atoms with Crippen LogP contribution in [0.3, 0.4) is 0 Å². The number of anilines is 1. The van der Waals surface area contributed by atoms with Gasteiger partial charge in [0.1, 0.15) is 17.4 Å². The largest absolute Gasteiger partial charge is 0.504 e. The zero-order chi connectivity index (χ0) is 18.4. The summed E-state index contributed by atoms with van der Waals surface area (Å²) in [6, 6.07) is 11.1. The molecule has 2 aromatic carbocycles. The topological polar surface area (TPSA) is 91.6 Å². The summed E-state index contributed by atoms with van der Waals surface area (Å²) >= 11 is 5.92. The summed E-state index contributed by atoms with van der Waals surface area (Å²) in [5.41, 5.74) is 0.749. The fourth-order valence-electron chi connectivity index (χ4n) is 2.07. The lowest BCUT2D eigenvalue weighted by molar-refractivity contribution is -0.112. The number of hydrogen-bond acceptors (Lipinski definition) is 5. The summed E-state index contributed by atoms with van der Waals surface area (Å²) in [6.45, 7) is 0. The Morgan fingerprint density at radius 2 is 1.92 bits per heavy atom. The average Bonchev–Trinajstić information content (AvgIpc) is 2.61. The van der Waals surface area contributed by atoms with Crippen molar-refractivity contribution in [3.05, 3.63) is 52.6 Å². The maximum absolute atomic E-state index is 12.4. The SMILES string of the molecule is COc1cc(/C=C(\C#N)C(=O)Nc2cc(Cl)ccc2OC)ccc1O. The van der Waals surface area contributed by atoms with Crippen LogP contribution in [0.1, 0.15) is 5.56 Å². The Morgan fingerprint density at radius 3 is 2.56 bits per heavy atom. The number of nitrogens with one attached hydrogen (secondary N) is 1. The molecule has 0 bridgehead atoms. The first-order valence-electron chi connectivity index (χ1n) is 7.12. The van der Waals surface area contributed by atoms with Gasteiger partial charge in [-0.1, -0.05) is 17.7 Å². The third-order valence-corrected chi connectivity index (χ3v) is 3.52. The second kappa shape index (κ2) is 8.08. The molecule has 0 aromatic heterocycles. The van der Waals surface area contributed by atoms with Gasteiger partial charge in [0.15, 0.2) is 11.5 Å². The number of methoxy groups -OCH3 is 2. The minimum Gasteiger partial charge on any atom is -0.504 e. The van der Waals surface area contributed by atoms with Crippen LogP contribution in [-0.2, 0) is 4.79 Å². The van der Waals surface area contributed by atoms with Gasteiger partial charge in [0.25, 0.3) is 5.91 Å². The van der Waals surface area contributed by atoms with Gasteiger partial charge in [-0.05, 0) is 42.0 Å². The fraction of sp³-hybridized carbons (Fsp3) is 0.111. The number of carbonyl (C=O) groups is 1. The van der Waals surface area contributed by atoms with Crippen molar-refractivity contribution in [2.45, 2.75) is 0 Å². The average molecular weight is 359 g/mol. The predicted octanol–water partition coefficient (Wildman–Crippen LogP) is 3.61. The summed E-state index contributed by atoms with van der Waals surface area (Å²) < 4.78 is 10.2. The van der Waals surface area contributed by atoms with Crippen LogP contribution in [0.25, 0.3) is 6.08 Å². The Morgan fingerprint density at radius 1 is 1.20 bits per heavy atom. The molecule has 0 saturated heterocycles. The highest BCUT2D eigenvalue weighted by molar-refractivity contribution is 6.31. The van der Waals surface area contributed by atoms with Crippen molar-refractivity contribution in [3.8, 4) is 23.3 Å². The Labute approximate surface area is 149 Å². The molecule has 0 fully saturated rings. The van der Waals surface area contributed by atoms with Crippen molar-refractivity contribution >= 4 is 29.3 Å². The van der Waals surface area contributed by atoms with Gasteiger partial charge in [-0.2, -0.15) is 5.26 Å². The van der Waals surface area contributed by atoms with Gasteiger partial charge in [0.2, 0.25) is 0 Å². The zero-order valence-electron chi connectivity index (χ0n) is 13.5. The lowest BCUT2D eigenvalue weighted by Crippen LogP contribution is -2.14. The van der Waals surface area contributed by atoms with Crippen molar-refractivity contribution in [2.75, 3.05) is 19.5 Å². The molecule has 128 valence electrons. The Bertz CT molecular complexity index is 872. The Balaban J connectivity index is 2.30. The van der Waals surface area contributed by atoms with Gasteiger partial charge in [0, 0.05) is 5.02 Å². The highest BCUT2D eigenvalue weighted by atomic mass is 35.5. The third-order valence-electron chi connectivity index (χ3n) is 3.29. The first kappa shape index (κ1) is 18.2. The second-order valence-electron chi connectivity index (χ2n) is 4.90. The van der Waals surface area contributed by atoms with Gasteiger partial charge in [-0.25, -0.2) is 0 Å². The fourth-order valence-corrected chi connectivity index (χ4v) is 2.24. The lowest BCUT2D eigenvalue weighted by Gasteiger charge is -2.10. The maximum atomic E-state index is 12.4. The molecule has 2 aromatic rings. The third kappa shape index (κ3) is 4.43. The van der Waals surface area contributed by atoms with Crippen LogP contribution >= 0.6 is 11.6 Å². The number of aromatic hydroxyl groups is 1. The summed E-state index contributed by atoms with van der Waals surface area (Å²) in [5, 5.41) is 21.9. The van der Waals surface area contributed by atoms with E-state index in [9.17, 15) is 15.2 Å². The smallest absolute Gasteiger partial charge is 0.266 e. The van der Waals surface area contributed by atoms with E-state index in [1.807, 2.05) is 6.07 Å². The number of halogens is 1. The lowest BCUT2D eigenvalue weighted by atomic mass is 10.1. The van der Waals surface area contributed by atoms with Crippen LogP contribution in [-0.4, -0.2) is 25.2 Å². The van der Waals surface area contributed by atoms with Crippen molar-refractivity contribution in [1.29, 1.82) is 5.26 Å². The van der Waals surface area contributed by atoms with Crippen molar-refractivity contribution in [2.24, 2.45) is 0 Å². The normalized spacial score (nSPS) is 10.7. The predicted molar refractivity (Wildman–Crippen MR) is 94.9 cm³/mol. The van der Waals surface area contributed by atoms with E-state index in [0.717, 1.165) is 0 Å².